The van der Waals surface area contributed by atoms with E-state index in [9.17, 15) is 4.79 Å². The molecule has 0 saturated carbocycles. The van der Waals surface area contributed by atoms with Gasteiger partial charge in [0.25, 0.3) is 0 Å². The van der Waals surface area contributed by atoms with Crippen LogP contribution in [0, 0.1) is 5.92 Å². The lowest BCUT2D eigenvalue weighted by Gasteiger charge is -2.30. The molecule has 0 bridgehead atoms. The highest BCUT2D eigenvalue weighted by atomic mass is 16.5. The molecule has 0 aromatic heterocycles. The molecule has 90 valence electrons. The van der Waals surface area contributed by atoms with Crippen molar-refractivity contribution in [3.63, 3.8) is 0 Å². The average Bonchev–Trinajstić information content (AvgIpc) is 2.28. The molecule has 16 heavy (non-hydrogen) atoms. The number of aldehydes is 1. The third-order valence-electron chi connectivity index (χ3n) is 2.55. The van der Waals surface area contributed by atoms with E-state index < -0.39 is 5.54 Å². The highest BCUT2D eigenvalue weighted by molar-refractivity contribution is 6.06. The molecule has 5 heteroatoms. The number of ether oxygens (including phenoxy) is 2. The molecule has 1 aliphatic rings. The van der Waals surface area contributed by atoms with Gasteiger partial charge in [-0.2, -0.15) is 0 Å². The summed E-state index contributed by atoms with van der Waals surface area (Å²) in [7, 11) is 3.03. The second-order valence-corrected chi connectivity index (χ2v) is 4.25. The molecular weight excluding hydrogens is 208 g/mol. The molecule has 0 aromatic rings. The van der Waals surface area contributed by atoms with Gasteiger partial charge >= 0.3 is 0 Å². The minimum atomic E-state index is -1.06. The molecule has 0 amide bonds. The van der Waals surface area contributed by atoms with Crippen molar-refractivity contribution in [3.05, 3.63) is 0 Å². The van der Waals surface area contributed by atoms with Crippen molar-refractivity contribution >= 4 is 18.1 Å². The van der Waals surface area contributed by atoms with E-state index in [-0.39, 0.29) is 12.0 Å². The van der Waals surface area contributed by atoms with Gasteiger partial charge in [0.15, 0.2) is 11.8 Å². The topological polar surface area (TPSA) is 60.2 Å². The molecule has 2 atom stereocenters. The van der Waals surface area contributed by atoms with Crippen molar-refractivity contribution in [2.24, 2.45) is 15.9 Å². The summed E-state index contributed by atoms with van der Waals surface area (Å²) in [5, 5.41) is 0. The summed E-state index contributed by atoms with van der Waals surface area (Å²) in [6.07, 6.45) is 0.713. The van der Waals surface area contributed by atoms with Crippen LogP contribution in [0.1, 0.15) is 20.8 Å². The molecule has 0 N–H and O–H groups in total. The first-order valence-electron chi connectivity index (χ1n) is 5.20. The van der Waals surface area contributed by atoms with E-state index in [1.807, 2.05) is 13.8 Å². The molecule has 0 saturated heterocycles. The molecular formula is C11H18N2O3. The molecule has 0 radical (unpaired) electrons. The van der Waals surface area contributed by atoms with Gasteiger partial charge in [-0.25, -0.2) is 9.98 Å². The summed E-state index contributed by atoms with van der Waals surface area (Å²) in [5.74, 6) is 1.05. The van der Waals surface area contributed by atoms with E-state index in [0.717, 1.165) is 0 Å². The first kappa shape index (κ1) is 12.7. The number of hydrogen-bond donors (Lipinski definition) is 0. The smallest absolute Gasteiger partial charge is 0.220 e. The lowest BCUT2D eigenvalue weighted by Crippen LogP contribution is -2.45. The fraction of sp³-hybridized carbons (Fsp3) is 0.727. The van der Waals surface area contributed by atoms with Gasteiger partial charge in [0.1, 0.15) is 6.04 Å². The number of carbonyl (C=O) groups excluding carboxylic acids is 1. The minimum absolute atomic E-state index is 0.187. The Bertz CT molecular complexity index is 336. The van der Waals surface area contributed by atoms with Crippen LogP contribution in [0.15, 0.2) is 9.98 Å². The molecule has 1 rings (SSSR count). The van der Waals surface area contributed by atoms with E-state index in [1.165, 1.54) is 14.2 Å². The van der Waals surface area contributed by atoms with Gasteiger partial charge in [0, 0.05) is 0 Å². The van der Waals surface area contributed by atoms with Crippen molar-refractivity contribution in [3.8, 4) is 0 Å². The SMILES string of the molecule is COC1=NC(C)(C=O)C(OC)=NC1C(C)C. The Labute approximate surface area is 95.6 Å². The number of nitrogens with zero attached hydrogens (tertiary/aromatic N) is 2. The molecule has 1 heterocycles. The summed E-state index contributed by atoms with van der Waals surface area (Å²) in [4.78, 5) is 19.7. The predicted molar refractivity (Wildman–Crippen MR) is 62.0 cm³/mol. The van der Waals surface area contributed by atoms with Crippen LogP contribution in [-0.4, -0.2) is 43.9 Å². The maximum Gasteiger partial charge on any atom is 0.220 e. The van der Waals surface area contributed by atoms with Gasteiger partial charge in [-0.15, -0.1) is 0 Å². The van der Waals surface area contributed by atoms with Crippen molar-refractivity contribution in [2.75, 3.05) is 14.2 Å². The molecule has 1 aliphatic heterocycles. The Kier molecular flexibility index (Phi) is 3.67. The maximum absolute atomic E-state index is 11.1. The molecule has 0 fully saturated rings. The summed E-state index contributed by atoms with van der Waals surface area (Å²) < 4.78 is 10.3. The van der Waals surface area contributed by atoms with Crippen molar-refractivity contribution < 1.29 is 14.3 Å². The zero-order valence-electron chi connectivity index (χ0n) is 10.4. The summed E-state index contributed by atoms with van der Waals surface area (Å²) >= 11 is 0. The third-order valence-corrected chi connectivity index (χ3v) is 2.55. The second kappa shape index (κ2) is 4.63. The van der Waals surface area contributed by atoms with E-state index >= 15 is 0 Å². The van der Waals surface area contributed by atoms with E-state index in [0.29, 0.717) is 18.1 Å². The van der Waals surface area contributed by atoms with Gasteiger partial charge < -0.3 is 14.3 Å². The average molecular weight is 226 g/mol. The Balaban J connectivity index is 3.17. The van der Waals surface area contributed by atoms with Gasteiger partial charge in [-0.3, -0.25) is 0 Å². The third kappa shape index (κ3) is 2.08. The zero-order valence-corrected chi connectivity index (χ0v) is 10.4. The maximum atomic E-state index is 11.1. The van der Waals surface area contributed by atoms with Crippen LogP contribution in [0.25, 0.3) is 0 Å². The van der Waals surface area contributed by atoms with Crippen LogP contribution in [0.3, 0.4) is 0 Å². The van der Waals surface area contributed by atoms with Crippen LogP contribution in [-0.2, 0) is 14.3 Å². The van der Waals surface area contributed by atoms with Crippen molar-refractivity contribution in [2.45, 2.75) is 32.4 Å². The molecule has 0 aromatic carbocycles. The van der Waals surface area contributed by atoms with Gasteiger partial charge in [0.05, 0.1) is 14.2 Å². The van der Waals surface area contributed by atoms with Crippen LogP contribution in [0.4, 0.5) is 0 Å². The van der Waals surface area contributed by atoms with E-state index in [4.69, 9.17) is 9.47 Å². The summed E-state index contributed by atoms with van der Waals surface area (Å²) in [6.45, 7) is 5.68. The molecule has 2 unspecified atom stereocenters. The first-order chi connectivity index (χ1) is 7.48. The van der Waals surface area contributed by atoms with E-state index in [1.54, 1.807) is 6.92 Å². The van der Waals surface area contributed by atoms with Crippen LogP contribution >= 0.6 is 0 Å². The number of rotatable bonds is 2. The number of methoxy groups -OCH3 is 2. The summed E-state index contributed by atoms with van der Waals surface area (Å²) in [6, 6.07) is -0.187. The van der Waals surface area contributed by atoms with E-state index in [2.05, 4.69) is 9.98 Å². The molecule has 0 spiro atoms. The van der Waals surface area contributed by atoms with Crippen molar-refractivity contribution in [1.82, 2.24) is 0 Å². The largest absolute Gasteiger partial charge is 0.483 e. The monoisotopic (exact) mass is 226 g/mol. The number of carbonyl (C=O) groups is 1. The Morgan fingerprint density at radius 3 is 2.38 bits per heavy atom. The Morgan fingerprint density at radius 1 is 1.38 bits per heavy atom. The Hall–Kier alpha value is -1.39. The van der Waals surface area contributed by atoms with Gasteiger partial charge in [-0.1, -0.05) is 13.8 Å². The quantitative estimate of drug-likeness (QED) is 0.662. The highest BCUT2D eigenvalue weighted by Gasteiger charge is 2.39. The van der Waals surface area contributed by atoms with Crippen LogP contribution in [0.5, 0.6) is 0 Å². The minimum Gasteiger partial charge on any atom is -0.483 e. The lowest BCUT2D eigenvalue weighted by molar-refractivity contribution is -0.110. The highest BCUT2D eigenvalue weighted by Crippen LogP contribution is 2.22. The normalized spacial score (nSPS) is 29.5. The van der Waals surface area contributed by atoms with Gasteiger partial charge in [0.2, 0.25) is 11.8 Å². The first-order valence-corrected chi connectivity index (χ1v) is 5.20. The van der Waals surface area contributed by atoms with Gasteiger partial charge in [-0.05, 0) is 12.8 Å². The standard InChI is InChI=1S/C11H18N2O3/c1-7(2)8-9(15-4)13-11(3,6-14)10(12-8)16-5/h6-8H,1-5H3. The fourth-order valence-electron chi connectivity index (χ4n) is 1.59. The van der Waals surface area contributed by atoms with Crippen molar-refractivity contribution in [1.29, 1.82) is 0 Å². The summed E-state index contributed by atoms with van der Waals surface area (Å²) in [5.41, 5.74) is -1.06. The number of hydrogen-bond acceptors (Lipinski definition) is 5. The van der Waals surface area contributed by atoms with Crippen LogP contribution < -0.4 is 0 Å². The second-order valence-electron chi connectivity index (χ2n) is 4.25. The molecule has 0 aliphatic carbocycles. The molecule has 5 nitrogen and oxygen atoms in total. The fourth-order valence-corrected chi connectivity index (χ4v) is 1.59. The Morgan fingerprint density at radius 2 is 2.00 bits per heavy atom. The van der Waals surface area contributed by atoms with Crippen LogP contribution in [0.2, 0.25) is 0 Å². The number of aliphatic imine (C=N–C) groups is 2. The zero-order chi connectivity index (χ0) is 12.3. The predicted octanol–water partition coefficient (Wildman–Crippen LogP) is 1.07. The lowest BCUT2D eigenvalue weighted by atomic mass is 9.98.